The molecule has 1 rings (SSSR count). The van der Waals surface area contributed by atoms with E-state index >= 15 is 0 Å². The molecule has 0 unspecified atom stereocenters. The molecule has 102 valence electrons. The van der Waals surface area contributed by atoms with Gasteiger partial charge in [0, 0.05) is 17.2 Å². The maximum atomic E-state index is 3.59. The second-order valence-electron chi connectivity index (χ2n) is 5.10. The maximum Gasteiger partial charge on any atom is 0.0204 e. The first-order valence-electron chi connectivity index (χ1n) is 7.14. The minimum atomic E-state index is 0.823. The van der Waals surface area contributed by atoms with Gasteiger partial charge in [-0.3, -0.25) is 0 Å². The number of hydrogen-bond donors (Lipinski definition) is 1. The minimum absolute atomic E-state index is 0.823. The van der Waals surface area contributed by atoms with Crippen LogP contribution in [0.2, 0.25) is 0 Å². The van der Waals surface area contributed by atoms with Crippen LogP contribution in [0.3, 0.4) is 0 Å². The van der Waals surface area contributed by atoms with Crippen LogP contribution in [-0.2, 0) is 0 Å². The van der Waals surface area contributed by atoms with Crippen LogP contribution < -0.4 is 5.32 Å². The Morgan fingerprint density at radius 1 is 1.33 bits per heavy atom. The number of hydrogen-bond acceptors (Lipinski definition) is 1. The van der Waals surface area contributed by atoms with Gasteiger partial charge in [0.15, 0.2) is 0 Å². The van der Waals surface area contributed by atoms with Crippen LogP contribution in [0.25, 0.3) is 0 Å². The molecule has 2 heteroatoms. The smallest absolute Gasteiger partial charge is 0.0204 e. The van der Waals surface area contributed by atoms with E-state index in [1.165, 1.54) is 41.3 Å². The number of halogens is 1. The van der Waals surface area contributed by atoms with Crippen LogP contribution in [0.15, 0.2) is 34.0 Å². The van der Waals surface area contributed by atoms with E-state index in [0.717, 1.165) is 18.9 Å². The Morgan fingerprint density at radius 3 is 2.61 bits per heavy atom. The average Bonchev–Trinajstić information content (AvgIpc) is 2.35. The van der Waals surface area contributed by atoms with Gasteiger partial charge in [-0.1, -0.05) is 54.8 Å². The lowest BCUT2D eigenvalue weighted by atomic mass is 9.98. The third-order valence-corrected chi connectivity index (χ3v) is 4.38. The zero-order valence-corrected chi connectivity index (χ0v) is 13.5. The molecule has 18 heavy (non-hydrogen) atoms. The van der Waals surface area contributed by atoms with Gasteiger partial charge in [-0.25, -0.2) is 0 Å². The monoisotopic (exact) mass is 311 g/mol. The van der Waals surface area contributed by atoms with Crippen molar-refractivity contribution < 1.29 is 0 Å². The summed E-state index contributed by atoms with van der Waals surface area (Å²) in [5.74, 6) is 0.823. The molecule has 0 saturated carbocycles. The molecule has 1 N–H and O–H groups in total. The second kappa shape index (κ2) is 8.58. The summed E-state index contributed by atoms with van der Waals surface area (Å²) in [5, 5.41) is 3.52. The first-order chi connectivity index (χ1) is 8.69. The highest BCUT2D eigenvalue weighted by molar-refractivity contribution is 9.11. The van der Waals surface area contributed by atoms with Gasteiger partial charge in [0.1, 0.15) is 0 Å². The fraction of sp³-hybridized carbons (Fsp3) is 0.625. The normalized spacial score (nSPS) is 17.9. The van der Waals surface area contributed by atoms with E-state index in [9.17, 15) is 0 Å². The molecule has 0 bridgehead atoms. The highest BCUT2D eigenvalue weighted by atomic mass is 79.9. The topological polar surface area (TPSA) is 12.0 Å². The Hall–Kier alpha value is -0.500. The third kappa shape index (κ3) is 5.01. The SMILES string of the molecule is CCCC(CCC)CN/C=C1\CC=CC(Br)=C1C. The average molecular weight is 312 g/mol. The predicted molar refractivity (Wildman–Crippen MR) is 84.8 cm³/mol. The standard InChI is InChI=1S/C16H26BrN/c1-4-7-14(8-5-2)11-18-12-15-9-6-10-16(17)13(15)3/h6,10,12,14,18H,4-5,7-9,11H2,1-3H3/b15-12+. The molecular formula is C16H26BrN. The van der Waals surface area contributed by atoms with Crippen molar-refractivity contribution in [3.8, 4) is 0 Å². The Bertz CT molecular complexity index is 333. The van der Waals surface area contributed by atoms with Gasteiger partial charge in [-0.05, 0) is 43.3 Å². The molecular weight excluding hydrogens is 286 g/mol. The van der Waals surface area contributed by atoms with Crippen molar-refractivity contribution in [3.63, 3.8) is 0 Å². The van der Waals surface area contributed by atoms with Gasteiger partial charge in [0.25, 0.3) is 0 Å². The van der Waals surface area contributed by atoms with Gasteiger partial charge >= 0.3 is 0 Å². The van der Waals surface area contributed by atoms with E-state index in [-0.39, 0.29) is 0 Å². The zero-order valence-electron chi connectivity index (χ0n) is 11.9. The molecule has 1 aliphatic carbocycles. The van der Waals surface area contributed by atoms with Crippen molar-refractivity contribution in [2.75, 3.05) is 6.54 Å². The molecule has 1 nitrogen and oxygen atoms in total. The summed E-state index contributed by atoms with van der Waals surface area (Å²) in [6.45, 7) is 7.84. The molecule has 0 aromatic carbocycles. The Balaban J connectivity index is 2.46. The quantitative estimate of drug-likeness (QED) is 0.672. The fourth-order valence-corrected chi connectivity index (χ4v) is 2.84. The van der Waals surface area contributed by atoms with Crippen molar-refractivity contribution in [3.05, 3.63) is 34.0 Å². The van der Waals surface area contributed by atoms with E-state index in [4.69, 9.17) is 0 Å². The highest BCUT2D eigenvalue weighted by Crippen LogP contribution is 2.27. The second-order valence-corrected chi connectivity index (χ2v) is 5.95. The summed E-state index contributed by atoms with van der Waals surface area (Å²) in [6.07, 6.45) is 12.8. The summed E-state index contributed by atoms with van der Waals surface area (Å²) < 4.78 is 1.21. The van der Waals surface area contributed by atoms with E-state index in [0.29, 0.717) is 0 Å². The van der Waals surface area contributed by atoms with Crippen molar-refractivity contribution >= 4 is 15.9 Å². The van der Waals surface area contributed by atoms with Crippen LogP contribution in [0.5, 0.6) is 0 Å². The van der Waals surface area contributed by atoms with Crippen LogP contribution >= 0.6 is 15.9 Å². The molecule has 0 aromatic heterocycles. The van der Waals surface area contributed by atoms with Gasteiger partial charge in [-0.15, -0.1) is 0 Å². The van der Waals surface area contributed by atoms with Crippen molar-refractivity contribution in [1.29, 1.82) is 0 Å². The van der Waals surface area contributed by atoms with Gasteiger partial charge in [0.05, 0.1) is 0 Å². The predicted octanol–water partition coefficient (Wildman–Crippen LogP) is 5.31. The van der Waals surface area contributed by atoms with Crippen molar-refractivity contribution in [1.82, 2.24) is 5.32 Å². The Morgan fingerprint density at radius 2 is 2.00 bits per heavy atom. The van der Waals surface area contributed by atoms with Crippen LogP contribution in [0.4, 0.5) is 0 Å². The summed E-state index contributed by atoms with van der Waals surface area (Å²) in [4.78, 5) is 0. The van der Waals surface area contributed by atoms with Gasteiger partial charge in [0.2, 0.25) is 0 Å². The molecule has 0 aliphatic heterocycles. The van der Waals surface area contributed by atoms with Gasteiger partial charge in [-0.2, -0.15) is 0 Å². The van der Waals surface area contributed by atoms with Crippen molar-refractivity contribution in [2.24, 2.45) is 5.92 Å². The molecule has 0 heterocycles. The molecule has 0 spiro atoms. The summed E-state index contributed by atoms with van der Waals surface area (Å²) in [5.41, 5.74) is 2.75. The first kappa shape index (κ1) is 15.6. The lowest BCUT2D eigenvalue weighted by Crippen LogP contribution is -2.18. The molecule has 0 radical (unpaired) electrons. The Labute approximate surface area is 121 Å². The molecule has 0 saturated heterocycles. The molecule has 0 fully saturated rings. The van der Waals surface area contributed by atoms with Crippen molar-refractivity contribution in [2.45, 2.75) is 52.9 Å². The molecule has 1 aliphatic rings. The third-order valence-electron chi connectivity index (χ3n) is 3.52. The molecule has 0 atom stereocenters. The van der Waals surface area contributed by atoms with E-state index in [2.05, 4.69) is 60.4 Å². The van der Waals surface area contributed by atoms with Crippen LogP contribution in [0, 0.1) is 5.92 Å². The van der Waals surface area contributed by atoms with E-state index in [1.807, 2.05) is 0 Å². The Kier molecular flexibility index (Phi) is 7.41. The zero-order chi connectivity index (χ0) is 13.4. The maximum absolute atomic E-state index is 3.59. The summed E-state index contributed by atoms with van der Waals surface area (Å²) in [7, 11) is 0. The lowest BCUT2D eigenvalue weighted by molar-refractivity contribution is 0.429. The highest BCUT2D eigenvalue weighted by Gasteiger charge is 2.08. The number of allylic oxidation sites excluding steroid dienone is 5. The van der Waals surface area contributed by atoms with Crippen LogP contribution in [0.1, 0.15) is 52.9 Å². The van der Waals surface area contributed by atoms with E-state index in [1.54, 1.807) is 0 Å². The molecule has 0 amide bonds. The first-order valence-corrected chi connectivity index (χ1v) is 7.94. The lowest BCUT2D eigenvalue weighted by Gasteiger charge is -2.17. The van der Waals surface area contributed by atoms with Gasteiger partial charge < -0.3 is 5.32 Å². The van der Waals surface area contributed by atoms with Crippen LogP contribution in [-0.4, -0.2) is 6.54 Å². The largest absolute Gasteiger partial charge is 0.390 e. The summed E-state index contributed by atoms with van der Waals surface area (Å²) >= 11 is 3.59. The number of rotatable bonds is 7. The minimum Gasteiger partial charge on any atom is -0.390 e. The fourth-order valence-electron chi connectivity index (χ4n) is 2.40. The number of nitrogens with one attached hydrogen (secondary N) is 1. The summed E-state index contributed by atoms with van der Waals surface area (Å²) in [6, 6.07) is 0. The molecule has 0 aromatic rings. The van der Waals surface area contributed by atoms with E-state index < -0.39 is 0 Å².